The van der Waals surface area contributed by atoms with Gasteiger partial charge in [-0.1, -0.05) is 248 Å². The lowest BCUT2D eigenvalue weighted by atomic mass is 10.0. The maximum absolute atomic E-state index is 12.3. The Bertz CT molecular complexity index is 6890. The standard InChI is InChI=1S/2C18H17NO4.C17H16O3.4C17H16O2/c1-12-9-15(11-18(23-3)13(12)2)17(20)8-7-14-5-4-6-16(10-14)19(21)22;1-12-10-15(11-18(23-3)13(12)2)17(20)9-8-14-6-4-5-7-16(14)19(21)22;1-19-15-9-6-10-16(20-2)17(15)14(18)12-11-13-7-4-3-5-8-13;1-13-8-11-17(19-2)15(12-13)16(18)10-9-14-6-4-3-5-7-14;1-13-8-10-15(12-17(13)19-2)16(18)11-9-14-6-4-3-5-7-14;1-13-8-10-15(17(12-13)19-2)16(18)11-9-14-6-4-3-5-7-14;1-13-10-15(12-16(11-13)19-2)17(18)9-8-14-6-4-3-5-7-14/h2*4-11H,1-3H3;3-12H,1-2H3;4*3-12H,1-2H3/b8-7+;9-8+;12-11+;10-9+;2*11-9+;9-8+. The minimum atomic E-state index is -0.469. The van der Waals surface area contributed by atoms with Gasteiger partial charge >= 0.3 is 0 Å². The summed E-state index contributed by atoms with van der Waals surface area (Å²) in [7, 11) is 12.5. The number of nitrogens with zero attached hydrogens (tertiary/aromatic N) is 2. The molecular weight excluding hydrogens is 1790 g/mol. The molecule has 142 heavy (non-hydrogen) atoms. The largest absolute Gasteiger partial charge is 0.497 e. The lowest BCUT2D eigenvalue weighted by Gasteiger charge is -2.10. The number of carbonyl (C=O) groups excluding carboxylic acids is 7. The van der Waals surface area contributed by atoms with E-state index in [1.165, 1.54) is 56.7 Å². The smallest absolute Gasteiger partial charge is 0.276 e. The van der Waals surface area contributed by atoms with Crippen molar-refractivity contribution < 1.29 is 81.3 Å². The van der Waals surface area contributed by atoms with Gasteiger partial charge in [0.1, 0.15) is 51.6 Å². The van der Waals surface area contributed by atoms with Crippen molar-refractivity contribution in [3.8, 4) is 46.0 Å². The van der Waals surface area contributed by atoms with Crippen LogP contribution in [0.1, 0.15) is 156 Å². The Morgan fingerprint density at radius 1 is 0.239 bits per heavy atom. The molecule has 0 amide bonds. The van der Waals surface area contributed by atoms with Crippen LogP contribution >= 0.6 is 0 Å². The molecule has 21 heteroatoms. The number of non-ortho nitro benzene ring substituents is 1. The molecule has 0 aromatic heterocycles. The Hall–Kier alpha value is -17.9. The number of hydrogen-bond acceptors (Lipinski definition) is 19. The highest BCUT2D eigenvalue weighted by Gasteiger charge is 2.19. The van der Waals surface area contributed by atoms with Crippen LogP contribution in [-0.2, 0) is 0 Å². The van der Waals surface area contributed by atoms with Crippen LogP contribution in [0.5, 0.6) is 46.0 Å². The molecule has 0 fully saturated rings. The molecule has 0 radical (unpaired) electrons. The average molecular weight is 1900 g/mol. The quantitative estimate of drug-likeness (QED) is 0.0169. The van der Waals surface area contributed by atoms with Gasteiger partial charge in [0, 0.05) is 40.5 Å². The molecule has 14 rings (SSSR count). The average Bonchev–Trinajstić information content (AvgIpc) is 0.832. The number of carbonyl (C=O) groups is 7. The van der Waals surface area contributed by atoms with Crippen LogP contribution in [0.15, 0.2) is 358 Å². The summed E-state index contributed by atoms with van der Waals surface area (Å²) < 4.78 is 41.8. The Morgan fingerprint density at radius 2 is 0.606 bits per heavy atom. The summed E-state index contributed by atoms with van der Waals surface area (Å²) in [5, 5.41) is 21.7. The fraction of sp³-hybridized carbons (Fsp3) is 0.132. The maximum atomic E-state index is 12.3. The number of ether oxygens (including phenoxy) is 8. The summed E-state index contributed by atoms with van der Waals surface area (Å²) in [5.41, 5.74) is 17.9. The molecule has 0 aliphatic heterocycles. The molecule has 0 spiro atoms. The van der Waals surface area contributed by atoms with Gasteiger partial charge in [0.2, 0.25) is 0 Å². The number of rotatable bonds is 31. The maximum Gasteiger partial charge on any atom is 0.276 e. The predicted molar refractivity (Wildman–Crippen MR) is 567 cm³/mol. The van der Waals surface area contributed by atoms with Gasteiger partial charge in [-0.2, -0.15) is 0 Å². The second kappa shape index (κ2) is 57.3. The Kier molecular flexibility index (Phi) is 44.1. The number of nitro groups is 2. The minimum absolute atomic E-state index is 0.00699. The summed E-state index contributed by atoms with van der Waals surface area (Å²) in [6.07, 6.45) is 22.6. The first-order chi connectivity index (χ1) is 68.4. The molecule has 14 aromatic rings. The van der Waals surface area contributed by atoms with Crippen LogP contribution in [0.3, 0.4) is 0 Å². The number of nitro benzene ring substituents is 2. The molecule has 0 unspecified atom stereocenters. The van der Waals surface area contributed by atoms with Gasteiger partial charge in [-0.25, -0.2) is 0 Å². The second-order valence-corrected chi connectivity index (χ2v) is 31.7. The highest BCUT2D eigenvalue weighted by Crippen LogP contribution is 2.32. The molecule has 722 valence electrons. The first-order valence-corrected chi connectivity index (χ1v) is 44.8. The molecule has 0 atom stereocenters. The van der Waals surface area contributed by atoms with E-state index >= 15 is 0 Å². The summed E-state index contributed by atoms with van der Waals surface area (Å²) in [4.78, 5) is 106. The molecule has 14 aromatic carbocycles. The Labute approximate surface area is 829 Å². The number of benzene rings is 14. The van der Waals surface area contributed by atoms with Gasteiger partial charge in [-0.3, -0.25) is 53.8 Å². The monoisotopic (exact) mass is 1900 g/mol. The summed E-state index contributed by atoms with van der Waals surface area (Å²) in [6, 6.07) is 95.4. The number of allylic oxidation sites excluding steroid dienone is 7. The molecule has 0 bridgehead atoms. The zero-order chi connectivity index (χ0) is 103. The first-order valence-electron chi connectivity index (χ1n) is 44.8. The van der Waals surface area contributed by atoms with Gasteiger partial charge in [0.15, 0.2) is 40.5 Å². The molecule has 0 heterocycles. The normalized spacial score (nSPS) is 10.6. The van der Waals surface area contributed by atoms with E-state index in [2.05, 4.69) is 0 Å². The zero-order valence-corrected chi connectivity index (χ0v) is 82.3. The van der Waals surface area contributed by atoms with Gasteiger partial charge in [-0.15, -0.1) is 0 Å². The zero-order valence-electron chi connectivity index (χ0n) is 82.3. The number of aryl methyl sites for hydroxylation is 6. The number of ketones is 7. The first kappa shape index (κ1) is 109. The van der Waals surface area contributed by atoms with E-state index in [0.717, 1.165) is 78.1 Å². The van der Waals surface area contributed by atoms with Gasteiger partial charge in [0.05, 0.1) is 83.4 Å². The van der Waals surface area contributed by atoms with Crippen molar-refractivity contribution in [2.45, 2.75) is 55.4 Å². The van der Waals surface area contributed by atoms with Crippen molar-refractivity contribution in [3.05, 3.63) is 501 Å². The van der Waals surface area contributed by atoms with E-state index in [1.807, 2.05) is 286 Å². The highest BCUT2D eigenvalue weighted by molar-refractivity contribution is 6.12. The third-order valence-corrected chi connectivity index (χ3v) is 21.6. The van der Waals surface area contributed by atoms with E-state index in [0.29, 0.717) is 90.3 Å². The van der Waals surface area contributed by atoms with Gasteiger partial charge < -0.3 is 37.9 Å². The molecule has 0 aliphatic rings. The third kappa shape index (κ3) is 34.7. The van der Waals surface area contributed by atoms with Gasteiger partial charge in [-0.05, 0) is 267 Å². The fourth-order valence-corrected chi connectivity index (χ4v) is 13.7. The van der Waals surface area contributed by atoms with Gasteiger partial charge in [0.25, 0.3) is 11.4 Å². The van der Waals surface area contributed by atoms with Crippen molar-refractivity contribution in [3.63, 3.8) is 0 Å². The predicted octanol–water partition coefficient (Wildman–Crippen LogP) is 27.4. The van der Waals surface area contributed by atoms with Crippen molar-refractivity contribution >= 4 is 94.4 Å². The van der Waals surface area contributed by atoms with E-state index in [4.69, 9.17) is 37.9 Å². The van der Waals surface area contributed by atoms with Crippen LogP contribution in [-0.4, -0.2) is 107 Å². The van der Waals surface area contributed by atoms with Crippen LogP contribution < -0.4 is 37.9 Å². The molecule has 0 saturated heterocycles. The molecular formula is C121H114N2O19. The van der Waals surface area contributed by atoms with Crippen LogP contribution in [0, 0.1) is 75.6 Å². The topological polar surface area (TPSA) is 280 Å². The third-order valence-electron chi connectivity index (χ3n) is 21.6. The second-order valence-electron chi connectivity index (χ2n) is 31.7. The Morgan fingerprint density at radius 3 is 1.04 bits per heavy atom. The van der Waals surface area contributed by atoms with E-state index in [1.54, 1.807) is 170 Å². The van der Waals surface area contributed by atoms with Crippen molar-refractivity contribution in [1.82, 2.24) is 0 Å². The summed E-state index contributed by atoms with van der Waals surface area (Å²) in [5.74, 6) is 4.26. The lowest BCUT2D eigenvalue weighted by Crippen LogP contribution is -2.02. The highest BCUT2D eigenvalue weighted by atomic mass is 16.6. The van der Waals surface area contributed by atoms with Crippen LogP contribution in [0.2, 0.25) is 0 Å². The molecule has 0 N–H and O–H groups in total. The molecule has 0 aliphatic carbocycles. The minimum Gasteiger partial charge on any atom is -0.497 e. The summed E-state index contributed by atoms with van der Waals surface area (Å²) in [6.45, 7) is 15.5. The van der Waals surface area contributed by atoms with E-state index in [-0.39, 0.29) is 51.9 Å². The van der Waals surface area contributed by atoms with E-state index < -0.39 is 9.85 Å². The van der Waals surface area contributed by atoms with Crippen LogP contribution in [0.25, 0.3) is 42.5 Å². The van der Waals surface area contributed by atoms with E-state index in [9.17, 15) is 53.8 Å². The lowest BCUT2D eigenvalue weighted by molar-refractivity contribution is -0.385. The molecule has 0 saturated carbocycles. The molecule has 21 nitrogen and oxygen atoms in total. The van der Waals surface area contributed by atoms with Crippen LogP contribution in [0.4, 0.5) is 11.4 Å². The Balaban J connectivity index is 0.000000203. The SMILES string of the molecule is COc1cc(C(=O)/C=C/c2cccc([N+](=O)[O-])c2)cc(C)c1C.COc1cc(C(=O)/C=C/c2ccccc2)ccc1C.COc1cc(C(=O)/C=C/c2ccccc2[N+](=O)[O-])cc(C)c1C.COc1cc(C)cc(C(=O)/C=C/c2ccccc2)c1.COc1cc(C)ccc1C(=O)/C=C/c1ccccc1.COc1ccc(C)cc1C(=O)/C=C/c1ccccc1.COc1cccc(OC)c1C(=O)/C=C/c1ccccc1. The summed E-state index contributed by atoms with van der Waals surface area (Å²) >= 11 is 0. The van der Waals surface area contributed by atoms with Crippen molar-refractivity contribution in [1.29, 1.82) is 0 Å². The van der Waals surface area contributed by atoms with Crippen molar-refractivity contribution in [2.75, 3.05) is 56.9 Å². The fourth-order valence-electron chi connectivity index (χ4n) is 13.7. The number of hydrogen-bond donors (Lipinski definition) is 0. The van der Waals surface area contributed by atoms with Crippen molar-refractivity contribution in [2.24, 2.45) is 0 Å². The number of para-hydroxylation sites is 1. The number of methoxy groups -OCH3 is 8.